The molecule has 7 heteroatoms. The van der Waals surface area contributed by atoms with Gasteiger partial charge in [0, 0.05) is 33.7 Å². The van der Waals surface area contributed by atoms with Gasteiger partial charge in [0.2, 0.25) is 0 Å². The van der Waals surface area contributed by atoms with Crippen LogP contribution in [0.5, 0.6) is 0 Å². The molecule has 0 bridgehead atoms. The number of carbonyl (C=O) groups is 1. The molecule has 4 rings (SSSR count). The first-order valence-electron chi connectivity index (χ1n) is 8.61. The number of rotatable bonds is 3. The van der Waals surface area contributed by atoms with Gasteiger partial charge in [-0.1, -0.05) is 35.9 Å². The zero-order valence-corrected chi connectivity index (χ0v) is 15.6. The third-order valence-corrected chi connectivity index (χ3v) is 4.66. The summed E-state index contributed by atoms with van der Waals surface area (Å²) in [5.74, 6) is -2.18. The molecule has 3 aromatic carbocycles. The van der Waals surface area contributed by atoms with Gasteiger partial charge in [0.1, 0.15) is 11.6 Å². The van der Waals surface area contributed by atoms with Crippen molar-refractivity contribution in [2.24, 2.45) is 0 Å². The molecule has 0 spiro atoms. The van der Waals surface area contributed by atoms with E-state index in [1.54, 1.807) is 48.5 Å². The molecule has 0 atom stereocenters. The first kappa shape index (κ1) is 18.8. The number of benzene rings is 3. The Hall–Kier alpha value is -3.51. The Labute approximate surface area is 169 Å². The van der Waals surface area contributed by atoms with E-state index in [2.05, 4.69) is 5.32 Å². The van der Waals surface area contributed by atoms with Crippen molar-refractivity contribution in [2.45, 2.75) is 0 Å². The van der Waals surface area contributed by atoms with E-state index in [1.165, 1.54) is 6.20 Å². The Morgan fingerprint density at radius 1 is 0.931 bits per heavy atom. The maximum absolute atomic E-state index is 14.3. The number of hydrogen-bond donors (Lipinski definition) is 1. The van der Waals surface area contributed by atoms with Gasteiger partial charge in [0.05, 0.1) is 11.3 Å². The SMILES string of the molecule is O=C(Nc1cccc(Cl)c1)c1cn(-c2ccc(F)cc2F)c(=O)c2ccccc12. The van der Waals surface area contributed by atoms with Gasteiger partial charge in [-0.2, -0.15) is 0 Å². The number of hydrogen-bond acceptors (Lipinski definition) is 2. The highest BCUT2D eigenvalue weighted by Gasteiger charge is 2.17. The quantitative estimate of drug-likeness (QED) is 0.506. The van der Waals surface area contributed by atoms with E-state index in [0.29, 0.717) is 22.2 Å². The highest BCUT2D eigenvalue weighted by molar-refractivity contribution is 6.31. The zero-order chi connectivity index (χ0) is 20.5. The summed E-state index contributed by atoms with van der Waals surface area (Å²) in [7, 11) is 0. The number of nitrogens with one attached hydrogen (secondary N) is 1. The molecule has 4 aromatic rings. The molecule has 4 nitrogen and oxygen atoms in total. The normalized spacial score (nSPS) is 10.9. The molecule has 0 saturated heterocycles. The first-order chi connectivity index (χ1) is 13.9. The maximum atomic E-state index is 14.3. The molecule has 1 N–H and O–H groups in total. The molecule has 144 valence electrons. The van der Waals surface area contributed by atoms with Crippen molar-refractivity contribution >= 4 is 34.0 Å². The Morgan fingerprint density at radius 3 is 2.41 bits per heavy atom. The van der Waals surface area contributed by atoms with Crippen LogP contribution in [0.3, 0.4) is 0 Å². The number of pyridine rings is 1. The molecule has 0 fully saturated rings. The van der Waals surface area contributed by atoms with Crippen molar-refractivity contribution in [1.82, 2.24) is 4.57 Å². The Bertz CT molecular complexity index is 1320. The van der Waals surface area contributed by atoms with Crippen molar-refractivity contribution in [3.63, 3.8) is 0 Å². The number of aromatic nitrogens is 1. The molecule has 0 saturated carbocycles. The van der Waals surface area contributed by atoms with E-state index < -0.39 is 23.1 Å². The highest BCUT2D eigenvalue weighted by atomic mass is 35.5. The molecule has 1 heterocycles. The van der Waals surface area contributed by atoms with E-state index in [-0.39, 0.29) is 16.6 Å². The van der Waals surface area contributed by atoms with E-state index in [9.17, 15) is 18.4 Å². The van der Waals surface area contributed by atoms with Gasteiger partial charge in [0.25, 0.3) is 11.5 Å². The Morgan fingerprint density at radius 2 is 1.69 bits per heavy atom. The lowest BCUT2D eigenvalue weighted by Crippen LogP contribution is -2.23. The van der Waals surface area contributed by atoms with Crippen molar-refractivity contribution in [3.8, 4) is 5.69 Å². The highest BCUT2D eigenvalue weighted by Crippen LogP contribution is 2.22. The zero-order valence-electron chi connectivity index (χ0n) is 14.8. The van der Waals surface area contributed by atoms with E-state index in [0.717, 1.165) is 16.7 Å². The summed E-state index contributed by atoms with van der Waals surface area (Å²) < 4.78 is 28.6. The number of halogens is 3. The monoisotopic (exact) mass is 410 g/mol. The van der Waals surface area contributed by atoms with Gasteiger partial charge in [-0.3, -0.25) is 14.2 Å². The lowest BCUT2D eigenvalue weighted by molar-refractivity contribution is 0.102. The van der Waals surface area contributed by atoms with Crippen LogP contribution in [0.1, 0.15) is 10.4 Å². The van der Waals surface area contributed by atoms with Crippen LogP contribution < -0.4 is 10.9 Å². The second-order valence-electron chi connectivity index (χ2n) is 6.32. The lowest BCUT2D eigenvalue weighted by atomic mass is 10.1. The molecule has 1 aromatic heterocycles. The molecule has 29 heavy (non-hydrogen) atoms. The number of nitrogens with zero attached hydrogens (tertiary/aromatic N) is 1. The van der Waals surface area contributed by atoms with Crippen LogP contribution in [0.4, 0.5) is 14.5 Å². The predicted molar refractivity (Wildman–Crippen MR) is 109 cm³/mol. The molecular formula is C22H13ClF2N2O2. The van der Waals surface area contributed by atoms with Gasteiger partial charge in [0.15, 0.2) is 0 Å². The maximum Gasteiger partial charge on any atom is 0.263 e. The minimum atomic E-state index is -0.913. The minimum absolute atomic E-state index is 0.154. The summed E-state index contributed by atoms with van der Waals surface area (Å²) in [6.07, 6.45) is 1.25. The second-order valence-corrected chi connectivity index (χ2v) is 6.76. The largest absolute Gasteiger partial charge is 0.322 e. The van der Waals surface area contributed by atoms with Gasteiger partial charge in [-0.15, -0.1) is 0 Å². The van der Waals surface area contributed by atoms with E-state index in [4.69, 9.17) is 11.6 Å². The molecule has 0 aliphatic heterocycles. The number of amides is 1. The van der Waals surface area contributed by atoms with Crippen LogP contribution in [0.25, 0.3) is 16.5 Å². The van der Waals surface area contributed by atoms with Crippen LogP contribution in [0.15, 0.2) is 77.7 Å². The summed E-state index contributed by atoms with van der Waals surface area (Å²) >= 11 is 5.96. The molecular weight excluding hydrogens is 398 g/mol. The Balaban J connectivity index is 1.90. The average molecular weight is 411 g/mol. The third-order valence-electron chi connectivity index (χ3n) is 4.42. The van der Waals surface area contributed by atoms with E-state index >= 15 is 0 Å². The molecule has 0 aliphatic rings. The number of anilines is 1. The van der Waals surface area contributed by atoms with Crippen molar-refractivity contribution in [2.75, 3.05) is 5.32 Å². The van der Waals surface area contributed by atoms with Crippen molar-refractivity contribution in [1.29, 1.82) is 0 Å². The van der Waals surface area contributed by atoms with Crippen LogP contribution >= 0.6 is 11.6 Å². The summed E-state index contributed by atoms with van der Waals surface area (Å²) in [6, 6.07) is 16.0. The minimum Gasteiger partial charge on any atom is -0.322 e. The topological polar surface area (TPSA) is 51.1 Å². The first-order valence-corrected chi connectivity index (χ1v) is 8.98. The number of carbonyl (C=O) groups excluding carboxylic acids is 1. The lowest BCUT2D eigenvalue weighted by Gasteiger charge is -2.13. The van der Waals surface area contributed by atoms with E-state index in [1.807, 2.05) is 0 Å². The molecule has 0 aliphatic carbocycles. The fourth-order valence-electron chi connectivity index (χ4n) is 3.09. The fourth-order valence-corrected chi connectivity index (χ4v) is 3.28. The van der Waals surface area contributed by atoms with Crippen LogP contribution in [-0.4, -0.2) is 10.5 Å². The summed E-state index contributed by atoms with van der Waals surface area (Å²) in [6.45, 7) is 0. The van der Waals surface area contributed by atoms with Crippen LogP contribution in [-0.2, 0) is 0 Å². The summed E-state index contributed by atoms with van der Waals surface area (Å²) in [5.41, 5.74) is -0.0504. The molecule has 0 radical (unpaired) electrons. The third kappa shape index (κ3) is 3.62. The van der Waals surface area contributed by atoms with Gasteiger partial charge in [-0.25, -0.2) is 8.78 Å². The van der Waals surface area contributed by atoms with Crippen LogP contribution in [0, 0.1) is 11.6 Å². The fraction of sp³-hybridized carbons (Fsp3) is 0. The van der Waals surface area contributed by atoms with Gasteiger partial charge >= 0.3 is 0 Å². The number of fused-ring (bicyclic) bond motifs is 1. The van der Waals surface area contributed by atoms with Gasteiger partial charge < -0.3 is 5.32 Å². The average Bonchev–Trinajstić information content (AvgIpc) is 2.69. The summed E-state index contributed by atoms with van der Waals surface area (Å²) in [5, 5.41) is 3.81. The standard InChI is InChI=1S/C22H13ClF2N2O2/c23-13-4-3-5-15(10-13)26-21(28)18-12-27(20-9-8-14(24)11-19(20)25)22(29)17-7-2-1-6-16(17)18/h1-12H,(H,26,28). The predicted octanol–water partition coefficient (Wildman–Crippen LogP) is 5.17. The van der Waals surface area contributed by atoms with Crippen molar-refractivity contribution in [3.05, 3.63) is 106 Å². The van der Waals surface area contributed by atoms with Crippen LogP contribution in [0.2, 0.25) is 5.02 Å². The molecule has 0 unspecified atom stereocenters. The summed E-state index contributed by atoms with van der Waals surface area (Å²) in [4.78, 5) is 25.8. The Kier molecular flexibility index (Phi) is 4.86. The van der Waals surface area contributed by atoms with Crippen molar-refractivity contribution < 1.29 is 13.6 Å². The molecule has 1 amide bonds. The smallest absolute Gasteiger partial charge is 0.263 e. The van der Waals surface area contributed by atoms with Gasteiger partial charge in [-0.05, 0) is 36.4 Å². The second kappa shape index (κ2) is 7.48.